The van der Waals surface area contributed by atoms with E-state index in [-0.39, 0.29) is 0 Å². The van der Waals surface area contributed by atoms with Gasteiger partial charge in [0.1, 0.15) is 0 Å². The zero-order valence-electron chi connectivity index (χ0n) is 8.62. The fraction of sp³-hybridized carbons (Fsp3) is 0.727. The van der Waals surface area contributed by atoms with Gasteiger partial charge >= 0.3 is 0 Å². The third-order valence-corrected chi connectivity index (χ3v) is 3.47. The lowest BCUT2D eigenvalue weighted by atomic mass is 9.86. The molecule has 1 heterocycles. The van der Waals surface area contributed by atoms with E-state index in [1.807, 2.05) is 6.20 Å². The van der Waals surface area contributed by atoms with Gasteiger partial charge in [-0.1, -0.05) is 6.42 Å². The number of aromatic nitrogens is 2. The molecule has 1 aliphatic rings. The number of nitrogens with zero attached hydrogens (tertiary/aromatic N) is 2. The molecule has 14 heavy (non-hydrogen) atoms. The number of hydrogen-bond acceptors (Lipinski definition) is 1. The van der Waals surface area contributed by atoms with Gasteiger partial charge in [-0.15, -0.1) is 11.6 Å². The lowest BCUT2D eigenvalue weighted by Crippen LogP contribution is -2.17. The Hall–Kier alpha value is -0.500. The molecule has 0 aromatic carbocycles. The van der Waals surface area contributed by atoms with Crippen LogP contribution in [-0.4, -0.2) is 15.2 Å². The van der Waals surface area contributed by atoms with Crippen LogP contribution in [0.25, 0.3) is 0 Å². The molecule has 78 valence electrons. The van der Waals surface area contributed by atoms with Crippen LogP contribution in [0, 0.1) is 0 Å². The first-order chi connectivity index (χ1) is 6.81. The first-order valence-corrected chi connectivity index (χ1v) is 5.90. The van der Waals surface area contributed by atoms with Crippen LogP contribution in [0.4, 0.5) is 0 Å². The molecule has 0 amide bonds. The average molecular weight is 213 g/mol. The molecule has 2 rings (SSSR count). The van der Waals surface area contributed by atoms with Crippen LogP contribution in [0.3, 0.4) is 0 Å². The van der Waals surface area contributed by atoms with Gasteiger partial charge in [0, 0.05) is 29.7 Å². The van der Waals surface area contributed by atoms with Crippen molar-refractivity contribution in [1.29, 1.82) is 0 Å². The van der Waals surface area contributed by atoms with E-state index in [2.05, 4.69) is 22.8 Å². The van der Waals surface area contributed by atoms with E-state index in [9.17, 15) is 0 Å². The zero-order valence-corrected chi connectivity index (χ0v) is 9.37. The first-order valence-electron chi connectivity index (χ1n) is 5.47. The standard InChI is InChI=1S/C11H17ClN2/c1-2-14-11(6-7-13-14)9-4-3-5-10(12)8-9/h6-7,9-10H,2-5,8H2,1H3. The minimum Gasteiger partial charge on any atom is -0.270 e. The maximum Gasteiger partial charge on any atom is 0.0492 e. The molecule has 1 aliphatic carbocycles. The molecular formula is C11H17ClN2. The third kappa shape index (κ3) is 1.95. The summed E-state index contributed by atoms with van der Waals surface area (Å²) in [5, 5.41) is 4.68. The van der Waals surface area contributed by atoms with Crippen LogP contribution in [-0.2, 0) is 6.54 Å². The predicted molar refractivity (Wildman–Crippen MR) is 58.8 cm³/mol. The van der Waals surface area contributed by atoms with Gasteiger partial charge in [0.25, 0.3) is 0 Å². The minimum absolute atomic E-state index is 0.369. The Balaban J connectivity index is 2.13. The Kier molecular flexibility index (Phi) is 3.12. The Morgan fingerprint density at radius 1 is 1.57 bits per heavy atom. The van der Waals surface area contributed by atoms with Crippen molar-refractivity contribution < 1.29 is 0 Å². The van der Waals surface area contributed by atoms with E-state index in [1.54, 1.807) is 0 Å². The van der Waals surface area contributed by atoms with Crippen molar-refractivity contribution in [3.05, 3.63) is 18.0 Å². The van der Waals surface area contributed by atoms with Gasteiger partial charge in [0.05, 0.1) is 0 Å². The summed E-state index contributed by atoms with van der Waals surface area (Å²) < 4.78 is 2.10. The summed E-state index contributed by atoms with van der Waals surface area (Å²) in [6, 6.07) is 2.14. The summed E-state index contributed by atoms with van der Waals surface area (Å²) >= 11 is 6.19. The number of hydrogen-bond donors (Lipinski definition) is 0. The van der Waals surface area contributed by atoms with Crippen molar-refractivity contribution in [3.8, 4) is 0 Å². The van der Waals surface area contributed by atoms with Crippen molar-refractivity contribution >= 4 is 11.6 Å². The Morgan fingerprint density at radius 3 is 3.14 bits per heavy atom. The average Bonchev–Trinajstić information content (AvgIpc) is 2.65. The van der Waals surface area contributed by atoms with Crippen molar-refractivity contribution in [3.63, 3.8) is 0 Å². The van der Waals surface area contributed by atoms with Crippen LogP contribution < -0.4 is 0 Å². The Labute approximate surface area is 90.3 Å². The normalized spacial score (nSPS) is 27.9. The molecule has 1 saturated carbocycles. The summed E-state index contributed by atoms with van der Waals surface area (Å²) in [6.07, 6.45) is 6.73. The van der Waals surface area contributed by atoms with Crippen molar-refractivity contribution in [2.45, 2.75) is 50.4 Å². The fourth-order valence-corrected chi connectivity index (χ4v) is 2.72. The highest BCUT2D eigenvalue weighted by Gasteiger charge is 2.23. The number of alkyl halides is 1. The third-order valence-electron chi connectivity index (χ3n) is 3.08. The molecule has 2 atom stereocenters. The lowest BCUT2D eigenvalue weighted by Gasteiger charge is -2.25. The van der Waals surface area contributed by atoms with E-state index in [0.717, 1.165) is 13.0 Å². The zero-order chi connectivity index (χ0) is 9.97. The smallest absolute Gasteiger partial charge is 0.0492 e. The van der Waals surface area contributed by atoms with Gasteiger partial charge in [0.2, 0.25) is 0 Å². The first kappa shape index (κ1) is 10.0. The van der Waals surface area contributed by atoms with Gasteiger partial charge in [-0.25, -0.2) is 0 Å². The summed E-state index contributed by atoms with van der Waals surface area (Å²) in [5.41, 5.74) is 1.37. The summed E-state index contributed by atoms with van der Waals surface area (Å²) in [6.45, 7) is 3.10. The van der Waals surface area contributed by atoms with Crippen LogP contribution in [0.2, 0.25) is 0 Å². The van der Waals surface area contributed by atoms with Gasteiger partial charge < -0.3 is 0 Å². The largest absolute Gasteiger partial charge is 0.270 e. The van der Waals surface area contributed by atoms with Crippen LogP contribution >= 0.6 is 11.6 Å². The molecule has 2 nitrogen and oxygen atoms in total. The van der Waals surface area contributed by atoms with Crippen LogP contribution in [0.5, 0.6) is 0 Å². The number of halogens is 1. The van der Waals surface area contributed by atoms with E-state index in [0.29, 0.717) is 11.3 Å². The van der Waals surface area contributed by atoms with Crippen LogP contribution in [0.1, 0.15) is 44.2 Å². The van der Waals surface area contributed by atoms with E-state index < -0.39 is 0 Å². The predicted octanol–water partition coefficient (Wildman–Crippen LogP) is 3.17. The molecule has 2 unspecified atom stereocenters. The molecule has 0 N–H and O–H groups in total. The SMILES string of the molecule is CCn1nccc1C1CCCC(Cl)C1. The molecule has 0 saturated heterocycles. The van der Waals surface area contributed by atoms with E-state index >= 15 is 0 Å². The van der Waals surface area contributed by atoms with Gasteiger partial charge in [0.15, 0.2) is 0 Å². The molecule has 1 aromatic heterocycles. The lowest BCUT2D eigenvalue weighted by molar-refractivity contribution is 0.423. The Morgan fingerprint density at radius 2 is 2.43 bits per heavy atom. The van der Waals surface area contributed by atoms with Gasteiger partial charge in [-0.2, -0.15) is 5.10 Å². The molecule has 0 bridgehead atoms. The molecule has 3 heteroatoms. The molecule has 0 radical (unpaired) electrons. The summed E-state index contributed by atoms with van der Waals surface area (Å²) in [7, 11) is 0. The monoisotopic (exact) mass is 212 g/mol. The summed E-state index contributed by atoms with van der Waals surface area (Å²) in [4.78, 5) is 0. The molecule has 0 aliphatic heterocycles. The highest BCUT2D eigenvalue weighted by molar-refractivity contribution is 6.20. The highest BCUT2D eigenvalue weighted by atomic mass is 35.5. The van der Waals surface area contributed by atoms with E-state index in [4.69, 9.17) is 11.6 Å². The molecule has 1 fully saturated rings. The second kappa shape index (κ2) is 4.35. The van der Waals surface area contributed by atoms with Gasteiger partial charge in [-0.3, -0.25) is 4.68 Å². The summed E-state index contributed by atoms with van der Waals surface area (Å²) in [5.74, 6) is 0.633. The molecule has 1 aromatic rings. The Bertz CT molecular complexity index is 295. The maximum absolute atomic E-state index is 6.19. The topological polar surface area (TPSA) is 17.8 Å². The van der Waals surface area contributed by atoms with Crippen molar-refractivity contribution in [1.82, 2.24) is 9.78 Å². The molecular weight excluding hydrogens is 196 g/mol. The van der Waals surface area contributed by atoms with Crippen molar-refractivity contribution in [2.75, 3.05) is 0 Å². The molecule has 0 spiro atoms. The highest BCUT2D eigenvalue weighted by Crippen LogP contribution is 2.34. The maximum atomic E-state index is 6.19. The quantitative estimate of drug-likeness (QED) is 0.689. The fourth-order valence-electron chi connectivity index (χ4n) is 2.35. The van der Waals surface area contributed by atoms with Crippen LogP contribution in [0.15, 0.2) is 12.3 Å². The number of aryl methyl sites for hydroxylation is 1. The van der Waals surface area contributed by atoms with Gasteiger partial charge in [-0.05, 0) is 32.3 Å². The number of rotatable bonds is 2. The second-order valence-electron chi connectivity index (χ2n) is 4.03. The minimum atomic E-state index is 0.369. The van der Waals surface area contributed by atoms with Crippen molar-refractivity contribution in [2.24, 2.45) is 0 Å². The van der Waals surface area contributed by atoms with E-state index in [1.165, 1.54) is 25.0 Å². The second-order valence-corrected chi connectivity index (χ2v) is 4.65.